The van der Waals surface area contributed by atoms with Gasteiger partial charge in [-0.15, -0.1) is 0 Å². The maximum atomic E-state index is 12.8. The first-order valence-electron chi connectivity index (χ1n) is 23.4. The highest BCUT2D eigenvalue weighted by atomic mass is 31.3. The van der Waals surface area contributed by atoms with Crippen LogP contribution >= 0.6 is 15.6 Å². The smallest absolute Gasteiger partial charge is 0.462 e. The number of ether oxygens (including phenoxy) is 3. The second kappa shape index (κ2) is 34.5. The van der Waals surface area contributed by atoms with Crippen molar-refractivity contribution in [2.75, 3.05) is 25.6 Å². The van der Waals surface area contributed by atoms with Gasteiger partial charge in [-0.2, -0.15) is 9.29 Å². The Labute approximate surface area is 400 Å². The number of allylic oxidation sites excluding steroid dienone is 11. The van der Waals surface area contributed by atoms with E-state index in [1.54, 1.807) is 12.2 Å². The Kier molecular flexibility index (Phi) is 30.5. The maximum absolute atomic E-state index is 12.8. The summed E-state index contributed by atoms with van der Waals surface area (Å²) < 4.78 is 56.3. The minimum Gasteiger partial charge on any atom is -0.462 e. The number of carbonyl (C=O) groups is 2. The second-order valence-corrected chi connectivity index (χ2v) is 19.6. The normalized spacial score (nSPS) is 20.7. The van der Waals surface area contributed by atoms with Crippen molar-refractivity contribution >= 4 is 33.4 Å². The summed E-state index contributed by atoms with van der Waals surface area (Å²) in [5.41, 5.74) is 4.56. The van der Waals surface area contributed by atoms with Crippen molar-refractivity contribution < 1.29 is 71.4 Å². The molecule has 3 unspecified atom stereocenters. The van der Waals surface area contributed by atoms with E-state index in [1.165, 1.54) is 25.0 Å². The fourth-order valence-electron chi connectivity index (χ4n) is 6.43. The lowest BCUT2D eigenvalue weighted by Crippen LogP contribution is -2.36. The quantitative estimate of drug-likeness (QED) is 0.0123. The topological polar surface area (TPSA) is 286 Å². The van der Waals surface area contributed by atoms with E-state index >= 15 is 0 Å². The molecule has 2 heterocycles. The van der Waals surface area contributed by atoms with Crippen molar-refractivity contribution in [1.82, 2.24) is 9.55 Å². The number of hydrogen-bond donors (Lipinski definition) is 6. The van der Waals surface area contributed by atoms with E-state index in [0.29, 0.717) is 18.8 Å². The van der Waals surface area contributed by atoms with Gasteiger partial charge in [0.25, 0.3) is 0 Å². The zero-order valence-corrected chi connectivity index (χ0v) is 41.4. The molecule has 21 heteroatoms. The molecule has 8 atom stereocenters. The summed E-state index contributed by atoms with van der Waals surface area (Å²) in [6, 6.07) is 1.23. The van der Waals surface area contributed by atoms with Crippen LogP contribution in [0.2, 0.25) is 0 Å². The van der Waals surface area contributed by atoms with E-state index in [2.05, 4.69) is 72.6 Å². The minimum absolute atomic E-state index is 0.00381. The zero-order chi connectivity index (χ0) is 50.2. The van der Waals surface area contributed by atoms with E-state index in [9.17, 15) is 48.6 Å². The van der Waals surface area contributed by atoms with Gasteiger partial charge in [0.2, 0.25) is 0 Å². The van der Waals surface area contributed by atoms with Gasteiger partial charge in [0.1, 0.15) is 30.7 Å². The molecule has 0 aromatic carbocycles. The summed E-state index contributed by atoms with van der Waals surface area (Å²) in [6.07, 6.45) is 28.0. The van der Waals surface area contributed by atoms with E-state index in [4.69, 9.17) is 29.0 Å². The average molecular weight is 1000 g/mol. The predicted octanol–water partition coefficient (Wildman–Crippen LogP) is 7.77. The predicted molar refractivity (Wildman–Crippen MR) is 258 cm³/mol. The molecule has 1 aliphatic heterocycles. The first-order valence-corrected chi connectivity index (χ1v) is 26.4. The molecule has 0 amide bonds. The van der Waals surface area contributed by atoms with Gasteiger partial charge in [0.05, 0.1) is 19.3 Å². The number of carbonyl (C=O) groups excluding carboxylic acids is 2. The highest BCUT2D eigenvalue weighted by molar-refractivity contribution is 7.61. The summed E-state index contributed by atoms with van der Waals surface area (Å²) in [7, 11) is -10.9. The number of aliphatic hydroxyl groups is 3. The van der Waals surface area contributed by atoms with Gasteiger partial charge in [0, 0.05) is 19.0 Å². The monoisotopic (exact) mass is 999 g/mol. The Morgan fingerprint density at radius 1 is 0.794 bits per heavy atom. The van der Waals surface area contributed by atoms with Crippen molar-refractivity contribution in [3.05, 3.63) is 95.7 Å². The SMILES string of the molecule is CC/C=C\C/C=C\C/C=C\C/C=C\C/C=C\C=C/C(O)CCC(=O)OC[C@H](COP(=O)(O)OP(=O)(O)OC[C@H]1O[C@@H](n2ccc(N)nc2=O)[C@H](O)[C@@H]1O)OC(=O)CCCCCCCCCC(C)C. The lowest BCUT2D eigenvalue weighted by Gasteiger charge is -2.21. The van der Waals surface area contributed by atoms with Crippen molar-refractivity contribution in [2.24, 2.45) is 5.92 Å². The zero-order valence-electron chi connectivity index (χ0n) is 39.7. The third kappa shape index (κ3) is 28.0. The van der Waals surface area contributed by atoms with Crippen LogP contribution in [0.4, 0.5) is 5.82 Å². The lowest BCUT2D eigenvalue weighted by atomic mass is 10.0. The van der Waals surface area contributed by atoms with Gasteiger partial charge in [-0.1, -0.05) is 139 Å². The number of nitrogens with zero attached hydrogens (tertiary/aromatic N) is 2. The molecule has 1 aliphatic rings. The fraction of sp³-hybridized carbons (Fsp3) is 0.617. The molecule has 1 aromatic heterocycles. The van der Waals surface area contributed by atoms with Gasteiger partial charge in [-0.25, -0.2) is 13.9 Å². The van der Waals surface area contributed by atoms with Gasteiger partial charge >= 0.3 is 33.3 Å². The van der Waals surface area contributed by atoms with E-state index < -0.39 is 89.8 Å². The molecular formula is C47H75N3O16P2. The number of phosphoric acid groups is 2. The number of rotatable bonds is 36. The van der Waals surface area contributed by atoms with Crippen LogP contribution < -0.4 is 11.4 Å². The van der Waals surface area contributed by atoms with Crippen LogP contribution in [0, 0.1) is 5.92 Å². The Morgan fingerprint density at radius 2 is 1.38 bits per heavy atom. The molecule has 19 nitrogen and oxygen atoms in total. The number of unbranched alkanes of at least 4 members (excludes halogenated alkanes) is 6. The Hall–Kier alpha value is -3.84. The molecule has 384 valence electrons. The molecule has 7 N–H and O–H groups in total. The molecule has 0 bridgehead atoms. The molecule has 2 rings (SSSR count). The average Bonchev–Trinajstić information content (AvgIpc) is 3.56. The number of esters is 2. The molecule has 0 aliphatic carbocycles. The Balaban J connectivity index is 1.87. The number of anilines is 1. The van der Waals surface area contributed by atoms with Crippen LogP contribution in [0.25, 0.3) is 0 Å². The number of hydrogen-bond acceptors (Lipinski definition) is 16. The van der Waals surface area contributed by atoms with Gasteiger partial charge < -0.3 is 45.1 Å². The summed E-state index contributed by atoms with van der Waals surface area (Å²) in [5.74, 6) is -0.933. The Morgan fingerprint density at radius 3 is 2.00 bits per heavy atom. The molecule has 1 saturated heterocycles. The standard InChI is InChI=1S/C47H75N3O16P2/c1-4-5-6-7-8-9-10-11-12-13-14-15-16-19-22-25-28-38(51)30-31-42(52)61-34-39(64-43(53)29-26-23-20-17-18-21-24-27-37(2)3)35-62-67(57,58)66-68(59,60)63-36-40-44(54)45(55)46(65-40)50-33-32-41(48)49-47(50)56/h5-6,8-9,11-12,14-15,19,22,25,28,32-33,37-40,44-46,51,54-55H,4,7,10,13,16-18,20-21,23-24,26-27,29-31,34-36H2,1-3H3,(H,57,58)(H,59,60)(H2,48,49,56)/b6-5-,9-8-,12-11-,15-14-,22-19-,28-25-/t38?,39-,40-,44-,45-,46-/m1/s1. The first-order chi connectivity index (χ1) is 32.4. The van der Waals surface area contributed by atoms with Crippen LogP contribution in [0.1, 0.15) is 130 Å². The third-order valence-corrected chi connectivity index (χ3v) is 12.7. The van der Waals surface area contributed by atoms with E-state index in [-0.39, 0.29) is 25.1 Å². The molecule has 1 fully saturated rings. The molecule has 68 heavy (non-hydrogen) atoms. The highest BCUT2D eigenvalue weighted by Gasteiger charge is 2.46. The van der Waals surface area contributed by atoms with E-state index in [0.717, 1.165) is 68.6 Å². The molecule has 0 radical (unpaired) electrons. The highest BCUT2D eigenvalue weighted by Crippen LogP contribution is 2.60. The van der Waals surface area contributed by atoms with Crippen LogP contribution in [0.15, 0.2) is 90.0 Å². The van der Waals surface area contributed by atoms with Crippen LogP contribution in [0.5, 0.6) is 0 Å². The molecule has 0 spiro atoms. The number of nitrogen functional groups attached to an aromatic ring is 1. The summed E-state index contributed by atoms with van der Waals surface area (Å²) >= 11 is 0. The second-order valence-electron chi connectivity index (χ2n) is 16.6. The summed E-state index contributed by atoms with van der Waals surface area (Å²) in [6.45, 7) is 3.97. The summed E-state index contributed by atoms with van der Waals surface area (Å²) in [5, 5.41) is 31.2. The molecule has 1 aromatic rings. The first kappa shape index (κ1) is 60.3. The number of phosphoric ester groups is 2. The van der Waals surface area contributed by atoms with Crippen LogP contribution in [-0.2, 0) is 46.3 Å². The minimum atomic E-state index is -5.47. The lowest BCUT2D eigenvalue weighted by molar-refractivity contribution is -0.161. The van der Waals surface area contributed by atoms with Crippen molar-refractivity contribution in [3.63, 3.8) is 0 Å². The number of nitrogens with two attached hydrogens (primary N) is 1. The number of aromatic nitrogens is 2. The van der Waals surface area contributed by atoms with Gasteiger partial charge in [0.15, 0.2) is 12.3 Å². The maximum Gasteiger partial charge on any atom is 0.481 e. The van der Waals surface area contributed by atoms with E-state index in [1.807, 2.05) is 12.2 Å². The third-order valence-electron chi connectivity index (χ3n) is 10.1. The fourth-order valence-corrected chi connectivity index (χ4v) is 8.54. The summed E-state index contributed by atoms with van der Waals surface area (Å²) in [4.78, 5) is 61.7. The van der Waals surface area contributed by atoms with Gasteiger partial charge in [-0.05, 0) is 56.9 Å². The van der Waals surface area contributed by atoms with Crippen molar-refractivity contribution in [1.29, 1.82) is 0 Å². The van der Waals surface area contributed by atoms with Crippen molar-refractivity contribution in [3.8, 4) is 0 Å². The van der Waals surface area contributed by atoms with Crippen LogP contribution in [-0.4, -0.2) is 96.9 Å². The molecular weight excluding hydrogens is 924 g/mol. The Bertz CT molecular complexity index is 1950. The largest absolute Gasteiger partial charge is 0.481 e. The van der Waals surface area contributed by atoms with Gasteiger partial charge in [-0.3, -0.25) is 23.2 Å². The molecule has 0 saturated carbocycles. The van der Waals surface area contributed by atoms with Crippen molar-refractivity contribution in [2.45, 2.75) is 160 Å². The van der Waals surface area contributed by atoms with Crippen LogP contribution in [0.3, 0.4) is 0 Å². The number of aliphatic hydroxyl groups excluding tert-OH is 3.